The van der Waals surface area contributed by atoms with Crippen LogP contribution in [0, 0.1) is 5.92 Å². The van der Waals surface area contributed by atoms with Crippen LogP contribution in [0.25, 0.3) is 0 Å². The second-order valence-electron chi connectivity index (χ2n) is 6.62. The molecule has 2 rings (SSSR count). The van der Waals surface area contributed by atoms with Gasteiger partial charge < -0.3 is 16.0 Å². The number of aliphatic imine (C=N–C) groups is 1. The number of amides is 1. The highest BCUT2D eigenvalue weighted by Gasteiger charge is 2.28. The van der Waals surface area contributed by atoms with Crippen LogP contribution in [-0.2, 0) is 21.4 Å². The van der Waals surface area contributed by atoms with Gasteiger partial charge in [0.15, 0.2) is 5.96 Å². The zero-order chi connectivity index (χ0) is 19.9. The molecular formula is C18H29N5O3S. The Morgan fingerprint density at radius 2 is 1.74 bits per heavy atom. The fraction of sp³-hybridized carbons (Fsp3) is 0.556. The van der Waals surface area contributed by atoms with Gasteiger partial charge in [0.1, 0.15) is 0 Å². The summed E-state index contributed by atoms with van der Waals surface area (Å²) >= 11 is 0. The van der Waals surface area contributed by atoms with Crippen molar-refractivity contribution in [1.29, 1.82) is 0 Å². The van der Waals surface area contributed by atoms with E-state index in [1.165, 1.54) is 18.4 Å². The molecule has 1 fully saturated rings. The number of benzene rings is 1. The molecule has 27 heavy (non-hydrogen) atoms. The minimum absolute atomic E-state index is 0.131. The number of nitrogens with one attached hydrogen (secondary N) is 3. The number of carbonyl (C=O) groups is 1. The third kappa shape index (κ3) is 6.51. The molecule has 1 aliphatic carbocycles. The highest BCUT2D eigenvalue weighted by atomic mass is 32.2. The number of hydrogen-bond acceptors (Lipinski definition) is 4. The maximum atomic E-state index is 12.1. The summed E-state index contributed by atoms with van der Waals surface area (Å²) in [7, 11) is -0.401. The molecule has 150 valence electrons. The molecule has 1 aromatic carbocycles. The summed E-state index contributed by atoms with van der Waals surface area (Å²) in [6.45, 7) is 4.26. The van der Waals surface area contributed by atoms with Crippen LogP contribution < -0.4 is 16.0 Å². The summed E-state index contributed by atoms with van der Waals surface area (Å²) in [5.41, 5.74) is 0.909. The van der Waals surface area contributed by atoms with Gasteiger partial charge in [-0.1, -0.05) is 12.1 Å². The molecule has 0 saturated heterocycles. The first-order chi connectivity index (χ1) is 12.8. The first-order valence-corrected chi connectivity index (χ1v) is 10.6. The van der Waals surface area contributed by atoms with Crippen LogP contribution >= 0.6 is 0 Å². The zero-order valence-electron chi connectivity index (χ0n) is 16.2. The maximum Gasteiger partial charge on any atom is 0.242 e. The van der Waals surface area contributed by atoms with Crippen LogP contribution in [0.5, 0.6) is 0 Å². The van der Waals surface area contributed by atoms with Gasteiger partial charge >= 0.3 is 0 Å². The Labute approximate surface area is 161 Å². The molecule has 0 unspecified atom stereocenters. The van der Waals surface area contributed by atoms with Gasteiger partial charge in [0, 0.05) is 39.6 Å². The van der Waals surface area contributed by atoms with Crippen LogP contribution in [0.15, 0.2) is 34.2 Å². The highest BCUT2D eigenvalue weighted by Crippen LogP contribution is 2.28. The van der Waals surface area contributed by atoms with Crippen molar-refractivity contribution in [2.45, 2.75) is 31.2 Å². The van der Waals surface area contributed by atoms with Crippen molar-refractivity contribution in [1.82, 2.24) is 20.3 Å². The van der Waals surface area contributed by atoms with Gasteiger partial charge in [0.05, 0.1) is 11.4 Å². The lowest BCUT2D eigenvalue weighted by atomic mass is 10.2. The van der Waals surface area contributed by atoms with Crippen molar-refractivity contribution >= 4 is 21.9 Å². The highest BCUT2D eigenvalue weighted by molar-refractivity contribution is 7.89. The second kappa shape index (κ2) is 9.70. The topological polar surface area (TPSA) is 103 Å². The van der Waals surface area contributed by atoms with Crippen LogP contribution in [0.3, 0.4) is 0 Å². The zero-order valence-corrected chi connectivity index (χ0v) is 17.0. The molecule has 3 N–H and O–H groups in total. The van der Waals surface area contributed by atoms with Gasteiger partial charge in [-0.15, -0.1) is 0 Å². The molecular weight excluding hydrogens is 366 g/mol. The molecule has 8 nitrogen and oxygen atoms in total. The Morgan fingerprint density at radius 1 is 1.11 bits per heavy atom. The van der Waals surface area contributed by atoms with E-state index in [4.69, 9.17) is 0 Å². The molecule has 0 atom stereocenters. The Morgan fingerprint density at radius 3 is 2.30 bits per heavy atom. The van der Waals surface area contributed by atoms with Crippen LogP contribution in [0.4, 0.5) is 0 Å². The van der Waals surface area contributed by atoms with Crippen LogP contribution in [0.1, 0.15) is 25.3 Å². The van der Waals surface area contributed by atoms with E-state index in [1.54, 1.807) is 24.3 Å². The number of guanidine groups is 1. The molecule has 0 aliphatic heterocycles. The fourth-order valence-corrected chi connectivity index (χ4v) is 3.25. The molecule has 9 heteroatoms. The van der Waals surface area contributed by atoms with Crippen LogP contribution in [0.2, 0.25) is 0 Å². The van der Waals surface area contributed by atoms with E-state index in [-0.39, 0.29) is 16.7 Å². The SMILES string of the molecule is CCNC(=NCc1ccc(S(=O)(=O)N(C)C)cc1)NCCNC(=O)C1CC1. The van der Waals surface area contributed by atoms with Gasteiger partial charge in [-0.2, -0.15) is 0 Å². The molecule has 0 spiro atoms. The second-order valence-corrected chi connectivity index (χ2v) is 8.77. The standard InChI is InChI=1S/C18H29N5O3S/c1-4-19-18(21-12-11-20-17(24)15-7-8-15)22-13-14-5-9-16(10-6-14)27(25,26)23(2)3/h5-6,9-10,15H,4,7-8,11-13H2,1-3H3,(H,20,24)(H2,19,21,22). The van der Waals surface area contributed by atoms with Crippen molar-refractivity contribution < 1.29 is 13.2 Å². The molecule has 1 aromatic rings. The molecule has 1 amide bonds. The lowest BCUT2D eigenvalue weighted by Gasteiger charge is -2.13. The lowest BCUT2D eigenvalue weighted by Crippen LogP contribution is -2.41. The molecule has 0 bridgehead atoms. The van der Waals surface area contributed by atoms with E-state index in [0.29, 0.717) is 25.6 Å². The molecule has 0 radical (unpaired) electrons. The Kier molecular flexibility index (Phi) is 7.61. The summed E-state index contributed by atoms with van der Waals surface area (Å²) in [6, 6.07) is 6.71. The van der Waals surface area contributed by atoms with Crippen molar-refractivity contribution in [2.75, 3.05) is 33.7 Å². The summed E-state index contributed by atoms with van der Waals surface area (Å²) in [5, 5.41) is 9.23. The Hall–Kier alpha value is -2.13. The average Bonchev–Trinajstić information content (AvgIpc) is 3.48. The number of sulfonamides is 1. The van der Waals surface area contributed by atoms with Gasteiger partial charge in [-0.05, 0) is 37.5 Å². The quantitative estimate of drug-likeness (QED) is 0.321. The van der Waals surface area contributed by atoms with E-state index in [2.05, 4.69) is 20.9 Å². The van der Waals surface area contributed by atoms with E-state index in [0.717, 1.165) is 24.9 Å². The van der Waals surface area contributed by atoms with Gasteiger partial charge in [-0.25, -0.2) is 17.7 Å². The van der Waals surface area contributed by atoms with Crippen molar-refractivity contribution in [3.63, 3.8) is 0 Å². The van der Waals surface area contributed by atoms with Gasteiger partial charge in [0.2, 0.25) is 15.9 Å². The van der Waals surface area contributed by atoms with Crippen molar-refractivity contribution in [3.8, 4) is 0 Å². The fourth-order valence-electron chi connectivity index (χ4n) is 2.35. The Balaban J connectivity index is 1.86. The first kappa shape index (κ1) is 21.2. The molecule has 0 aromatic heterocycles. The summed E-state index contributed by atoms with van der Waals surface area (Å²) in [6.07, 6.45) is 2.00. The third-order valence-electron chi connectivity index (χ3n) is 4.13. The van der Waals surface area contributed by atoms with E-state index >= 15 is 0 Å². The number of rotatable bonds is 9. The van der Waals surface area contributed by atoms with Gasteiger partial charge in [0.25, 0.3) is 0 Å². The minimum atomic E-state index is -3.42. The predicted octanol–water partition coefficient (Wildman–Crippen LogP) is 0.518. The van der Waals surface area contributed by atoms with Gasteiger partial charge in [-0.3, -0.25) is 4.79 Å². The largest absolute Gasteiger partial charge is 0.357 e. The molecule has 0 heterocycles. The maximum absolute atomic E-state index is 12.1. The monoisotopic (exact) mass is 395 g/mol. The van der Waals surface area contributed by atoms with Crippen molar-refractivity contribution in [3.05, 3.63) is 29.8 Å². The molecule has 1 aliphatic rings. The minimum Gasteiger partial charge on any atom is -0.357 e. The number of hydrogen-bond donors (Lipinski definition) is 3. The first-order valence-electron chi connectivity index (χ1n) is 9.16. The van der Waals surface area contributed by atoms with E-state index < -0.39 is 10.0 Å². The number of nitrogens with zero attached hydrogens (tertiary/aromatic N) is 2. The van der Waals surface area contributed by atoms with E-state index in [1.807, 2.05) is 6.92 Å². The smallest absolute Gasteiger partial charge is 0.242 e. The van der Waals surface area contributed by atoms with E-state index in [9.17, 15) is 13.2 Å². The predicted molar refractivity (Wildman–Crippen MR) is 106 cm³/mol. The number of carbonyl (C=O) groups excluding carboxylic acids is 1. The molecule has 1 saturated carbocycles. The third-order valence-corrected chi connectivity index (χ3v) is 5.96. The average molecular weight is 396 g/mol. The lowest BCUT2D eigenvalue weighted by molar-refractivity contribution is -0.122. The summed E-state index contributed by atoms with van der Waals surface area (Å²) < 4.78 is 25.4. The van der Waals surface area contributed by atoms with Crippen molar-refractivity contribution in [2.24, 2.45) is 10.9 Å². The summed E-state index contributed by atoms with van der Waals surface area (Å²) in [5.74, 6) is 1.00. The normalized spacial score (nSPS) is 14.9. The Bertz CT molecular complexity index is 756. The summed E-state index contributed by atoms with van der Waals surface area (Å²) in [4.78, 5) is 16.4. The van der Waals surface area contributed by atoms with Crippen LogP contribution in [-0.4, -0.2) is 58.3 Å².